The first-order valence-electron chi connectivity index (χ1n) is 6.71. The Morgan fingerprint density at radius 1 is 1.28 bits per heavy atom. The van der Waals surface area contributed by atoms with Crippen LogP contribution in [0.4, 0.5) is 0 Å². The maximum atomic E-state index is 9.92. The number of hydrogen-bond donors (Lipinski definition) is 2. The Bertz CT molecular complexity index is 423. The SMILES string of the molecule is COc1cc(C2(CN)CCCCC2)cc(C)c1O. The van der Waals surface area contributed by atoms with Crippen molar-refractivity contribution in [2.75, 3.05) is 13.7 Å². The zero-order valence-electron chi connectivity index (χ0n) is 11.3. The van der Waals surface area contributed by atoms with Gasteiger partial charge in [0.25, 0.3) is 0 Å². The average Bonchev–Trinajstić information content (AvgIpc) is 2.42. The zero-order valence-corrected chi connectivity index (χ0v) is 11.3. The fourth-order valence-electron chi connectivity index (χ4n) is 3.05. The summed E-state index contributed by atoms with van der Waals surface area (Å²) in [4.78, 5) is 0. The number of nitrogens with two attached hydrogens (primary N) is 1. The second-order valence-electron chi connectivity index (χ2n) is 5.39. The van der Waals surface area contributed by atoms with Crippen LogP contribution in [0.1, 0.15) is 43.2 Å². The van der Waals surface area contributed by atoms with Crippen LogP contribution in [0, 0.1) is 6.92 Å². The number of aryl methyl sites for hydroxylation is 1. The molecular weight excluding hydrogens is 226 g/mol. The molecule has 100 valence electrons. The maximum Gasteiger partial charge on any atom is 0.161 e. The van der Waals surface area contributed by atoms with Crippen molar-refractivity contribution >= 4 is 0 Å². The minimum atomic E-state index is 0.0734. The predicted octanol–water partition coefficient (Wildman–Crippen LogP) is 2.87. The summed E-state index contributed by atoms with van der Waals surface area (Å²) in [6, 6.07) is 4.02. The van der Waals surface area contributed by atoms with Gasteiger partial charge in [-0.3, -0.25) is 0 Å². The molecule has 2 rings (SSSR count). The number of rotatable bonds is 3. The van der Waals surface area contributed by atoms with Gasteiger partial charge in [-0.15, -0.1) is 0 Å². The first kappa shape index (κ1) is 13.2. The Hall–Kier alpha value is -1.22. The van der Waals surface area contributed by atoms with Crippen LogP contribution in [0.2, 0.25) is 0 Å². The zero-order chi connectivity index (χ0) is 13.2. The largest absolute Gasteiger partial charge is 0.504 e. The molecule has 1 aliphatic rings. The van der Waals surface area contributed by atoms with E-state index in [2.05, 4.69) is 6.07 Å². The number of aromatic hydroxyl groups is 1. The van der Waals surface area contributed by atoms with Crippen molar-refractivity contribution in [1.82, 2.24) is 0 Å². The van der Waals surface area contributed by atoms with Gasteiger partial charge in [0.15, 0.2) is 11.5 Å². The highest BCUT2D eigenvalue weighted by atomic mass is 16.5. The number of benzene rings is 1. The fraction of sp³-hybridized carbons (Fsp3) is 0.600. The minimum Gasteiger partial charge on any atom is -0.504 e. The van der Waals surface area contributed by atoms with E-state index >= 15 is 0 Å². The molecule has 0 aromatic heterocycles. The Labute approximate surface area is 109 Å². The number of phenolic OH excluding ortho intramolecular Hbond substituents is 1. The summed E-state index contributed by atoms with van der Waals surface area (Å²) in [6.45, 7) is 2.58. The molecule has 0 radical (unpaired) electrons. The lowest BCUT2D eigenvalue weighted by atomic mass is 9.69. The van der Waals surface area contributed by atoms with E-state index in [4.69, 9.17) is 10.5 Å². The quantitative estimate of drug-likeness (QED) is 0.866. The molecular formula is C15H23NO2. The lowest BCUT2D eigenvalue weighted by Gasteiger charge is -2.37. The monoisotopic (exact) mass is 249 g/mol. The topological polar surface area (TPSA) is 55.5 Å². The van der Waals surface area contributed by atoms with Crippen molar-refractivity contribution in [3.05, 3.63) is 23.3 Å². The Balaban J connectivity index is 2.45. The molecule has 0 atom stereocenters. The van der Waals surface area contributed by atoms with Gasteiger partial charge < -0.3 is 15.6 Å². The third-order valence-electron chi connectivity index (χ3n) is 4.30. The molecule has 1 saturated carbocycles. The smallest absolute Gasteiger partial charge is 0.161 e. The maximum absolute atomic E-state index is 9.92. The highest BCUT2D eigenvalue weighted by molar-refractivity contribution is 5.50. The number of ether oxygens (including phenoxy) is 1. The lowest BCUT2D eigenvalue weighted by Crippen LogP contribution is -2.37. The molecule has 3 nitrogen and oxygen atoms in total. The van der Waals surface area contributed by atoms with Crippen LogP contribution >= 0.6 is 0 Å². The van der Waals surface area contributed by atoms with Crippen molar-refractivity contribution in [2.24, 2.45) is 5.73 Å². The molecule has 1 aliphatic carbocycles. The summed E-state index contributed by atoms with van der Waals surface area (Å²) in [6.07, 6.45) is 6.04. The molecule has 3 N–H and O–H groups in total. The average molecular weight is 249 g/mol. The van der Waals surface area contributed by atoms with Gasteiger partial charge in [-0.1, -0.05) is 25.3 Å². The van der Waals surface area contributed by atoms with Gasteiger partial charge in [0.05, 0.1) is 7.11 Å². The van der Waals surface area contributed by atoms with E-state index in [1.807, 2.05) is 13.0 Å². The van der Waals surface area contributed by atoms with Crippen molar-refractivity contribution < 1.29 is 9.84 Å². The van der Waals surface area contributed by atoms with E-state index in [1.54, 1.807) is 7.11 Å². The number of hydrogen-bond acceptors (Lipinski definition) is 3. The highest BCUT2D eigenvalue weighted by Gasteiger charge is 2.33. The molecule has 0 heterocycles. The summed E-state index contributed by atoms with van der Waals surface area (Å²) in [7, 11) is 1.59. The van der Waals surface area contributed by atoms with Crippen molar-refractivity contribution in [3.8, 4) is 11.5 Å². The highest BCUT2D eigenvalue weighted by Crippen LogP contribution is 2.42. The third kappa shape index (κ3) is 2.19. The molecule has 18 heavy (non-hydrogen) atoms. The minimum absolute atomic E-state index is 0.0734. The van der Waals surface area contributed by atoms with Gasteiger partial charge >= 0.3 is 0 Å². The molecule has 1 fully saturated rings. The summed E-state index contributed by atoms with van der Waals surface area (Å²) >= 11 is 0. The van der Waals surface area contributed by atoms with E-state index in [0.29, 0.717) is 12.3 Å². The summed E-state index contributed by atoms with van der Waals surface area (Å²) in [5.74, 6) is 0.799. The van der Waals surface area contributed by atoms with Crippen LogP contribution in [0.25, 0.3) is 0 Å². The van der Waals surface area contributed by atoms with E-state index < -0.39 is 0 Å². The van der Waals surface area contributed by atoms with Crippen LogP contribution in [0.15, 0.2) is 12.1 Å². The second kappa shape index (κ2) is 5.19. The predicted molar refractivity (Wildman–Crippen MR) is 73.2 cm³/mol. The second-order valence-corrected chi connectivity index (χ2v) is 5.39. The van der Waals surface area contributed by atoms with Crippen LogP contribution < -0.4 is 10.5 Å². The van der Waals surface area contributed by atoms with E-state index in [-0.39, 0.29) is 11.2 Å². The number of methoxy groups -OCH3 is 1. The molecule has 0 spiro atoms. The molecule has 1 aromatic carbocycles. The Morgan fingerprint density at radius 2 is 1.94 bits per heavy atom. The van der Waals surface area contributed by atoms with Crippen molar-refractivity contribution in [3.63, 3.8) is 0 Å². The van der Waals surface area contributed by atoms with E-state index in [1.165, 1.54) is 24.8 Å². The molecule has 0 unspecified atom stereocenters. The van der Waals surface area contributed by atoms with Crippen molar-refractivity contribution in [1.29, 1.82) is 0 Å². The lowest BCUT2D eigenvalue weighted by molar-refractivity contribution is 0.298. The molecule has 0 amide bonds. The Morgan fingerprint density at radius 3 is 2.50 bits per heavy atom. The fourth-order valence-corrected chi connectivity index (χ4v) is 3.05. The molecule has 0 aliphatic heterocycles. The van der Waals surface area contributed by atoms with Gasteiger partial charge in [-0.05, 0) is 37.0 Å². The summed E-state index contributed by atoms with van der Waals surface area (Å²) in [5.41, 5.74) is 8.20. The van der Waals surface area contributed by atoms with Gasteiger partial charge in [0.1, 0.15) is 0 Å². The molecule has 3 heteroatoms. The Kier molecular flexibility index (Phi) is 3.81. The first-order valence-corrected chi connectivity index (χ1v) is 6.71. The van der Waals surface area contributed by atoms with Crippen LogP contribution in [-0.4, -0.2) is 18.8 Å². The number of phenols is 1. The van der Waals surface area contributed by atoms with Gasteiger partial charge in [-0.2, -0.15) is 0 Å². The van der Waals surface area contributed by atoms with E-state index in [9.17, 15) is 5.11 Å². The van der Waals surface area contributed by atoms with Gasteiger partial charge in [0.2, 0.25) is 0 Å². The van der Waals surface area contributed by atoms with Crippen LogP contribution in [0.5, 0.6) is 11.5 Å². The molecule has 0 saturated heterocycles. The summed E-state index contributed by atoms with van der Waals surface area (Å²) < 4.78 is 5.26. The third-order valence-corrected chi connectivity index (χ3v) is 4.30. The van der Waals surface area contributed by atoms with E-state index in [0.717, 1.165) is 18.4 Å². The van der Waals surface area contributed by atoms with Crippen LogP contribution in [0.3, 0.4) is 0 Å². The van der Waals surface area contributed by atoms with Gasteiger partial charge in [-0.25, -0.2) is 0 Å². The first-order chi connectivity index (χ1) is 8.63. The van der Waals surface area contributed by atoms with Crippen molar-refractivity contribution in [2.45, 2.75) is 44.4 Å². The molecule has 1 aromatic rings. The normalized spacial score (nSPS) is 18.6. The van der Waals surface area contributed by atoms with Crippen LogP contribution in [-0.2, 0) is 5.41 Å². The van der Waals surface area contributed by atoms with Gasteiger partial charge in [0, 0.05) is 12.0 Å². The standard InChI is InChI=1S/C15H23NO2/c1-11-8-12(9-13(18-2)14(11)17)15(10-16)6-4-3-5-7-15/h8-9,17H,3-7,10,16H2,1-2H3. The summed E-state index contributed by atoms with van der Waals surface area (Å²) in [5, 5.41) is 9.92. The molecule has 0 bridgehead atoms.